The second kappa shape index (κ2) is 4.89. The van der Waals surface area contributed by atoms with E-state index >= 15 is 0 Å². The number of rotatable bonds is 2. The predicted molar refractivity (Wildman–Crippen MR) is 79.6 cm³/mol. The van der Waals surface area contributed by atoms with Gasteiger partial charge in [0.2, 0.25) is 0 Å². The number of fused-ring (bicyclic) bond motifs is 1. The van der Waals surface area contributed by atoms with Crippen LogP contribution in [0.2, 0.25) is 5.02 Å². The van der Waals surface area contributed by atoms with E-state index in [0.717, 1.165) is 27.2 Å². The Balaban J connectivity index is 2.18. The molecule has 5 heteroatoms. The second-order valence-corrected chi connectivity index (χ2v) is 5.64. The van der Waals surface area contributed by atoms with E-state index in [4.69, 9.17) is 17.3 Å². The lowest BCUT2D eigenvalue weighted by atomic mass is 10.0. The number of halogens is 1. The number of pyridine rings is 1. The normalized spacial score (nSPS) is 12.8. The lowest BCUT2D eigenvalue weighted by molar-refractivity contribution is 0.858. The van der Waals surface area contributed by atoms with Gasteiger partial charge in [0.25, 0.3) is 0 Å². The van der Waals surface area contributed by atoms with Gasteiger partial charge in [0.15, 0.2) is 0 Å². The fourth-order valence-electron chi connectivity index (χ4n) is 2.06. The summed E-state index contributed by atoms with van der Waals surface area (Å²) < 4.78 is 0. The Kier molecular flexibility index (Phi) is 3.22. The molecule has 2 N–H and O–H groups in total. The first-order valence-corrected chi connectivity index (χ1v) is 7.13. The van der Waals surface area contributed by atoms with Crippen LogP contribution in [-0.2, 0) is 0 Å². The van der Waals surface area contributed by atoms with Crippen molar-refractivity contribution < 1.29 is 0 Å². The van der Waals surface area contributed by atoms with Gasteiger partial charge in [-0.2, -0.15) is 0 Å². The van der Waals surface area contributed by atoms with Crippen LogP contribution in [0.3, 0.4) is 0 Å². The Bertz CT molecular complexity index is 738. The molecule has 1 atom stereocenters. The summed E-state index contributed by atoms with van der Waals surface area (Å²) in [5, 5.41) is 4.51. The third-order valence-electron chi connectivity index (χ3n) is 2.99. The fourth-order valence-corrected chi connectivity index (χ4v) is 3.09. The number of hydrogen-bond donors (Lipinski definition) is 1. The van der Waals surface area contributed by atoms with E-state index in [-0.39, 0.29) is 6.04 Å². The molecule has 0 spiro atoms. The Morgan fingerprint density at radius 3 is 2.89 bits per heavy atom. The van der Waals surface area contributed by atoms with E-state index in [1.165, 1.54) is 0 Å². The van der Waals surface area contributed by atoms with Crippen LogP contribution in [0, 0.1) is 6.92 Å². The van der Waals surface area contributed by atoms with Crippen molar-refractivity contribution >= 4 is 33.8 Å². The SMILES string of the molecule is Cc1csc(C(N)c2ccc(Cl)c3cccnc23)n1. The molecule has 0 bridgehead atoms. The Morgan fingerprint density at radius 1 is 1.32 bits per heavy atom. The van der Waals surface area contributed by atoms with Gasteiger partial charge in [-0.15, -0.1) is 11.3 Å². The van der Waals surface area contributed by atoms with E-state index in [1.54, 1.807) is 17.5 Å². The highest BCUT2D eigenvalue weighted by atomic mass is 35.5. The maximum Gasteiger partial charge on any atom is 0.114 e. The van der Waals surface area contributed by atoms with Crippen LogP contribution in [0.25, 0.3) is 10.9 Å². The number of nitrogens with zero attached hydrogens (tertiary/aromatic N) is 2. The summed E-state index contributed by atoms with van der Waals surface area (Å²) in [5.41, 5.74) is 9.09. The predicted octanol–water partition coefficient (Wildman–Crippen LogP) is 3.70. The lowest BCUT2D eigenvalue weighted by Gasteiger charge is -2.12. The fraction of sp³-hybridized carbons (Fsp3) is 0.143. The van der Waals surface area contributed by atoms with Crippen molar-refractivity contribution in [2.75, 3.05) is 0 Å². The van der Waals surface area contributed by atoms with Crippen molar-refractivity contribution in [2.45, 2.75) is 13.0 Å². The number of thiazole rings is 1. The standard InChI is InChI=1S/C14H12ClN3S/c1-8-7-19-14(18-8)12(16)10-4-5-11(15)9-3-2-6-17-13(9)10/h2-7,12H,16H2,1H3. The highest BCUT2D eigenvalue weighted by Crippen LogP contribution is 2.31. The maximum atomic E-state index is 6.31. The number of benzene rings is 1. The van der Waals surface area contributed by atoms with Gasteiger partial charge in [-0.25, -0.2) is 4.98 Å². The summed E-state index contributed by atoms with van der Waals surface area (Å²) in [5.74, 6) is 0. The zero-order chi connectivity index (χ0) is 13.4. The first-order valence-electron chi connectivity index (χ1n) is 5.87. The summed E-state index contributed by atoms with van der Waals surface area (Å²) in [7, 11) is 0. The molecular weight excluding hydrogens is 278 g/mol. The molecule has 3 aromatic rings. The largest absolute Gasteiger partial charge is 0.318 e. The van der Waals surface area contributed by atoms with E-state index in [0.29, 0.717) is 5.02 Å². The van der Waals surface area contributed by atoms with Gasteiger partial charge in [0, 0.05) is 33.2 Å². The summed E-state index contributed by atoms with van der Waals surface area (Å²) >= 11 is 7.76. The van der Waals surface area contributed by atoms with Crippen molar-refractivity contribution in [3.8, 4) is 0 Å². The molecule has 0 saturated carbocycles. The minimum atomic E-state index is -0.270. The molecule has 0 aliphatic heterocycles. The molecule has 1 unspecified atom stereocenters. The van der Waals surface area contributed by atoms with Gasteiger partial charge in [-0.05, 0) is 25.1 Å². The second-order valence-electron chi connectivity index (χ2n) is 4.34. The highest BCUT2D eigenvalue weighted by molar-refractivity contribution is 7.09. The summed E-state index contributed by atoms with van der Waals surface area (Å²) in [6.07, 6.45) is 1.75. The number of hydrogen-bond acceptors (Lipinski definition) is 4. The van der Waals surface area contributed by atoms with E-state index < -0.39 is 0 Å². The van der Waals surface area contributed by atoms with Crippen LogP contribution < -0.4 is 5.73 Å². The zero-order valence-electron chi connectivity index (χ0n) is 10.3. The first-order chi connectivity index (χ1) is 9.16. The van der Waals surface area contributed by atoms with E-state index in [2.05, 4.69) is 9.97 Å². The van der Waals surface area contributed by atoms with Crippen LogP contribution in [0.15, 0.2) is 35.8 Å². The zero-order valence-corrected chi connectivity index (χ0v) is 11.9. The van der Waals surface area contributed by atoms with Crippen LogP contribution >= 0.6 is 22.9 Å². The molecule has 0 saturated heterocycles. The Labute approximate surface area is 120 Å². The van der Waals surface area contributed by atoms with E-state index in [1.807, 2.05) is 36.6 Å². The van der Waals surface area contributed by atoms with Crippen LogP contribution in [-0.4, -0.2) is 9.97 Å². The minimum Gasteiger partial charge on any atom is -0.318 e. The van der Waals surface area contributed by atoms with Gasteiger partial charge < -0.3 is 5.73 Å². The summed E-state index contributed by atoms with van der Waals surface area (Å²) in [6, 6.07) is 7.35. The molecule has 3 rings (SSSR count). The van der Waals surface area contributed by atoms with Crippen molar-refractivity contribution in [2.24, 2.45) is 5.73 Å². The highest BCUT2D eigenvalue weighted by Gasteiger charge is 2.17. The molecule has 0 aliphatic carbocycles. The maximum absolute atomic E-state index is 6.31. The van der Waals surface area contributed by atoms with Gasteiger partial charge in [0.1, 0.15) is 5.01 Å². The average Bonchev–Trinajstić information content (AvgIpc) is 2.86. The van der Waals surface area contributed by atoms with Gasteiger partial charge >= 0.3 is 0 Å². The number of nitrogens with two attached hydrogens (primary N) is 1. The molecule has 0 fully saturated rings. The van der Waals surface area contributed by atoms with Crippen LogP contribution in [0.4, 0.5) is 0 Å². The molecule has 0 radical (unpaired) electrons. The van der Waals surface area contributed by atoms with Crippen LogP contribution in [0.1, 0.15) is 22.3 Å². The molecule has 0 aliphatic rings. The minimum absolute atomic E-state index is 0.270. The quantitative estimate of drug-likeness (QED) is 0.782. The third kappa shape index (κ3) is 2.23. The topological polar surface area (TPSA) is 51.8 Å². The van der Waals surface area contributed by atoms with Crippen molar-refractivity contribution in [1.29, 1.82) is 0 Å². The van der Waals surface area contributed by atoms with Gasteiger partial charge in [-0.1, -0.05) is 17.7 Å². The molecule has 1 aromatic carbocycles. The average molecular weight is 290 g/mol. The van der Waals surface area contributed by atoms with Crippen molar-refractivity contribution in [3.63, 3.8) is 0 Å². The Morgan fingerprint density at radius 2 is 2.16 bits per heavy atom. The smallest absolute Gasteiger partial charge is 0.114 e. The monoisotopic (exact) mass is 289 g/mol. The lowest BCUT2D eigenvalue weighted by Crippen LogP contribution is -2.12. The molecular formula is C14H12ClN3S. The van der Waals surface area contributed by atoms with E-state index in [9.17, 15) is 0 Å². The number of aryl methyl sites for hydroxylation is 1. The molecule has 19 heavy (non-hydrogen) atoms. The molecule has 96 valence electrons. The molecule has 0 amide bonds. The molecule has 2 aromatic heterocycles. The Hall–Kier alpha value is -1.49. The summed E-state index contributed by atoms with van der Waals surface area (Å²) in [6.45, 7) is 1.96. The van der Waals surface area contributed by atoms with Gasteiger partial charge in [0.05, 0.1) is 11.6 Å². The molecule has 2 heterocycles. The van der Waals surface area contributed by atoms with Crippen LogP contribution in [0.5, 0.6) is 0 Å². The third-order valence-corrected chi connectivity index (χ3v) is 4.36. The van der Waals surface area contributed by atoms with Gasteiger partial charge in [-0.3, -0.25) is 4.98 Å². The molecule has 3 nitrogen and oxygen atoms in total. The summed E-state index contributed by atoms with van der Waals surface area (Å²) in [4.78, 5) is 8.86. The first kappa shape index (κ1) is 12.5. The van der Waals surface area contributed by atoms with Crippen molar-refractivity contribution in [3.05, 3.63) is 57.1 Å². The number of aromatic nitrogens is 2. The van der Waals surface area contributed by atoms with Crippen molar-refractivity contribution in [1.82, 2.24) is 9.97 Å².